The Morgan fingerprint density at radius 2 is 1.92 bits per heavy atom. The average molecular weight is 379 g/mol. The molecule has 6 nitrogen and oxygen atoms in total. The van der Waals surface area contributed by atoms with E-state index in [1.54, 1.807) is 48.3 Å². The summed E-state index contributed by atoms with van der Waals surface area (Å²) in [5.74, 6) is 0.201. The number of carbonyl (C=O) groups is 2. The van der Waals surface area contributed by atoms with Crippen molar-refractivity contribution >= 4 is 23.4 Å². The number of carbonyl (C=O) groups excluding carboxylic acids is 2. The number of rotatable bonds is 8. The van der Waals surface area contributed by atoms with Gasteiger partial charge in [-0.05, 0) is 42.3 Å². The molecule has 140 valence electrons. The van der Waals surface area contributed by atoms with Gasteiger partial charge >= 0.3 is 0 Å². The van der Waals surface area contributed by atoms with Crippen LogP contribution < -0.4 is 10.1 Å². The molecule has 2 amide bonds. The summed E-state index contributed by atoms with van der Waals surface area (Å²) in [6.07, 6.45) is 1.42. The lowest BCUT2D eigenvalue weighted by Gasteiger charge is -2.26. The predicted octanol–water partition coefficient (Wildman–Crippen LogP) is 3.22. The molecule has 0 fully saturated rings. The monoisotopic (exact) mass is 378 g/mol. The van der Waals surface area contributed by atoms with Gasteiger partial charge in [-0.1, -0.05) is 25.4 Å². The van der Waals surface area contributed by atoms with Crippen LogP contribution >= 0.6 is 11.6 Å². The number of likely N-dealkylation sites (N-methyl/N-ethyl adjacent to an activating group) is 1. The van der Waals surface area contributed by atoms with Gasteiger partial charge in [0.1, 0.15) is 18.4 Å². The Balaban J connectivity index is 1.88. The quantitative estimate of drug-likeness (QED) is 0.765. The Labute approximate surface area is 158 Å². The van der Waals surface area contributed by atoms with Gasteiger partial charge in [0.25, 0.3) is 5.91 Å². The van der Waals surface area contributed by atoms with Gasteiger partial charge < -0.3 is 19.4 Å². The van der Waals surface area contributed by atoms with Crippen LogP contribution in [0.4, 0.5) is 0 Å². The first-order valence-electron chi connectivity index (χ1n) is 8.36. The van der Waals surface area contributed by atoms with Gasteiger partial charge in [-0.2, -0.15) is 0 Å². The highest BCUT2D eigenvalue weighted by atomic mass is 35.5. The SMILES string of the molecule is CC(C)C(NC(=O)c1ccco1)C(=O)N(C)CCOc1ccc(Cl)cc1. The average Bonchev–Trinajstić information content (AvgIpc) is 3.15. The van der Waals surface area contributed by atoms with Crippen LogP contribution in [-0.2, 0) is 4.79 Å². The molecule has 0 radical (unpaired) electrons. The minimum Gasteiger partial charge on any atom is -0.492 e. The van der Waals surface area contributed by atoms with Gasteiger partial charge in [-0.15, -0.1) is 0 Å². The second-order valence-electron chi connectivity index (χ2n) is 6.23. The van der Waals surface area contributed by atoms with E-state index < -0.39 is 11.9 Å². The first-order chi connectivity index (χ1) is 12.4. The third-order valence-corrected chi connectivity index (χ3v) is 4.10. The van der Waals surface area contributed by atoms with Crippen molar-refractivity contribution < 1.29 is 18.7 Å². The minimum absolute atomic E-state index is 0.0685. The highest BCUT2D eigenvalue weighted by Crippen LogP contribution is 2.15. The number of hydrogen-bond acceptors (Lipinski definition) is 4. The molecule has 2 rings (SSSR count). The zero-order chi connectivity index (χ0) is 19.1. The van der Waals surface area contributed by atoms with Crippen molar-refractivity contribution in [1.29, 1.82) is 0 Å². The summed E-state index contributed by atoms with van der Waals surface area (Å²) in [5, 5.41) is 3.37. The van der Waals surface area contributed by atoms with E-state index in [1.807, 2.05) is 13.8 Å². The molecule has 2 aromatic rings. The number of nitrogens with one attached hydrogen (secondary N) is 1. The Morgan fingerprint density at radius 3 is 2.50 bits per heavy atom. The Morgan fingerprint density at radius 1 is 1.23 bits per heavy atom. The molecule has 1 N–H and O–H groups in total. The van der Waals surface area contributed by atoms with Crippen LogP contribution in [0.5, 0.6) is 5.75 Å². The maximum absolute atomic E-state index is 12.7. The molecule has 0 saturated heterocycles. The van der Waals surface area contributed by atoms with E-state index in [2.05, 4.69) is 5.32 Å². The van der Waals surface area contributed by atoms with E-state index >= 15 is 0 Å². The fourth-order valence-corrected chi connectivity index (χ4v) is 2.44. The number of nitrogens with zero attached hydrogens (tertiary/aromatic N) is 1. The molecule has 0 saturated carbocycles. The smallest absolute Gasteiger partial charge is 0.287 e. The fourth-order valence-electron chi connectivity index (χ4n) is 2.31. The summed E-state index contributed by atoms with van der Waals surface area (Å²) < 4.78 is 10.7. The van der Waals surface area contributed by atoms with Gasteiger partial charge in [0.2, 0.25) is 5.91 Å². The summed E-state index contributed by atoms with van der Waals surface area (Å²) in [6.45, 7) is 4.48. The Bertz CT molecular complexity index is 714. The molecular weight excluding hydrogens is 356 g/mol. The normalized spacial score (nSPS) is 11.9. The molecule has 1 aromatic carbocycles. The molecule has 1 atom stereocenters. The summed E-state index contributed by atoms with van der Waals surface area (Å²) in [7, 11) is 1.68. The lowest BCUT2D eigenvalue weighted by atomic mass is 10.0. The molecule has 0 bridgehead atoms. The summed E-state index contributed by atoms with van der Waals surface area (Å²) in [5.41, 5.74) is 0. The van der Waals surface area contributed by atoms with Crippen LogP contribution in [0, 0.1) is 5.92 Å². The number of amides is 2. The predicted molar refractivity (Wildman–Crippen MR) is 99.4 cm³/mol. The zero-order valence-electron chi connectivity index (χ0n) is 15.1. The molecule has 0 aliphatic carbocycles. The van der Waals surface area contributed by atoms with Crippen molar-refractivity contribution in [3.63, 3.8) is 0 Å². The Hall–Kier alpha value is -2.47. The molecule has 7 heteroatoms. The fraction of sp³-hybridized carbons (Fsp3) is 0.368. The highest BCUT2D eigenvalue weighted by Gasteiger charge is 2.28. The molecule has 1 aromatic heterocycles. The zero-order valence-corrected chi connectivity index (χ0v) is 15.8. The van der Waals surface area contributed by atoms with Crippen LogP contribution in [0.15, 0.2) is 47.1 Å². The number of hydrogen-bond donors (Lipinski definition) is 1. The lowest BCUT2D eigenvalue weighted by molar-refractivity contribution is -0.133. The largest absolute Gasteiger partial charge is 0.492 e. The maximum atomic E-state index is 12.7. The highest BCUT2D eigenvalue weighted by molar-refractivity contribution is 6.30. The lowest BCUT2D eigenvalue weighted by Crippen LogP contribution is -2.50. The van der Waals surface area contributed by atoms with Crippen molar-refractivity contribution in [1.82, 2.24) is 10.2 Å². The van der Waals surface area contributed by atoms with E-state index in [0.29, 0.717) is 23.9 Å². The number of benzene rings is 1. The van der Waals surface area contributed by atoms with Crippen molar-refractivity contribution in [2.45, 2.75) is 19.9 Å². The molecule has 26 heavy (non-hydrogen) atoms. The van der Waals surface area contributed by atoms with E-state index in [0.717, 1.165) is 0 Å². The van der Waals surface area contributed by atoms with Crippen LogP contribution in [0.1, 0.15) is 24.4 Å². The van der Waals surface area contributed by atoms with E-state index in [9.17, 15) is 9.59 Å². The number of halogens is 1. The van der Waals surface area contributed by atoms with E-state index in [4.69, 9.17) is 20.8 Å². The second kappa shape index (κ2) is 9.29. The summed E-state index contributed by atoms with van der Waals surface area (Å²) >= 11 is 5.83. The molecule has 0 aliphatic rings. The van der Waals surface area contributed by atoms with Gasteiger partial charge in [0.15, 0.2) is 5.76 Å². The van der Waals surface area contributed by atoms with Crippen molar-refractivity contribution in [3.05, 3.63) is 53.4 Å². The third-order valence-electron chi connectivity index (χ3n) is 3.85. The molecular formula is C19H23ClN2O4. The number of furan rings is 1. The first-order valence-corrected chi connectivity index (χ1v) is 8.74. The molecule has 1 unspecified atom stereocenters. The standard InChI is InChI=1S/C19H23ClN2O4/c1-13(2)17(21-18(23)16-5-4-11-26-16)19(24)22(3)10-12-25-15-8-6-14(20)7-9-15/h4-9,11,13,17H,10,12H2,1-3H3,(H,21,23). The molecule has 1 heterocycles. The van der Waals surface area contributed by atoms with E-state index in [1.165, 1.54) is 6.26 Å². The van der Waals surface area contributed by atoms with Gasteiger partial charge in [0, 0.05) is 12.1 Å². The molecule has 0 spiro atoms. The third kappa shape index (κ3) is 5.52. The second-order valence-corrected chi connectivity index (χ2v) is 6.67. The van der Waals surface area contributed by atoms with Crippen molar-refractivity contribution in [3.8, 4) is 5.75 Å². The van der Waals surface area contributed by atoms with Crippen molar-refractivity contribution in [2.75, 3.05) is 20.2 Å². The summed E-state index contributed by atoms with van der Waals surface area (Å²) in [4.78, 5) is 26.4. The Kier molecular flexibility index (Phi) is 7.09. The van der Waals surface area contributed by atoms with E-state index in [-0.39, 0.29) is 17.6 Å². The van der Waals surface area contributed by atoms with Crippen LogP contribution in [0.2, 0.25) is 5.02 Å². The van der Waals surface area contributed by atoms with Gasteiger partial charge in [-0.3, -0.25) is 9.59 Å². The summed E-state index contributed by atoms with van der Waals surface area (Å²) in [6, 6.07) is 9.56. The van der Waals surface area contributed by atoms with Crippen LogP contribution in [-0.4, -0.2) is 43.0 Å². The van der Waals surface area contributed by atoms with Gasteiger partial charge in [-0.25, -0.2) is 0 Å². The first kappa shape index (κ1) is 19.8. The van der Waals surface area contributed by atoms with Crippen LogP contribution in [0.25, 0.3) is 0 Å². The number of ether oxygens (including phenoxy) is 1. The topological polar surface area (TPSA) is 71.8 Å². The van der Waals surface area contributed by atoms with Crippen LogP contribution in [0.3, 0.4) is 0 Å². The maximum Gasteiger partial charge on any atom is 0.287 e. The van der Waals surface area contributed by atoms with Gasteiger partial charge in [0.05, 0.1) is 12.8 Å². The minimum atomic E-state index is -0.645. The van der Waals surface area contributed by atoms with Crippen molar-refractivity contribution in [2.24, 2.45) is 5.92 Å². The molecule has 0 aliphatic heterocycles.